The van der Waals surface area contributed by atoms with Gasteiger partial charge >= 0.3 is 0 Å². The minimum atomic E-state index is -0.728. The van der Waals surface area contributed by atoms with Gasteiger partial charge in [0.2, 0.25) is 0 Å². The van der Waals surface area contributed by atoms with Gasteiger partial charge in [-0.15, -0.1) is 0 Å². The quantitative estimate of drug-likeness (QED) is 0.706. The monoisotopic (exact) mass is 479 g/mol. The number of halogens is 3. The molecule has 7 heteroatoms. The SMILES string of the molecule is CN(C)CCn1ncc(Br)c1C(O)c1ccc(Br)c(Br)c1. The van der Waals surface area contributed by atoms with E-state index in [4.69, 9.17) is 0 Å². The van der Waals surface area contributed by atoms with E-state index in [2.05, 4.69) is 57.8 Å². The number of aliphatic hydroxyl groups excluding tert-OH is 1. The van der Waals surface area contributed by atoms with Gasteiger partial charge in [-0.2, -0.15) is 5.10 Å². The normalized spacial score (nSPS) is 12.9. The van der Waals surface area contributed by atoms with E-state index in [1.54, 1.807) is 6.20 Å². The lowest BCUT2D eigenvalue weighted by atomic mass is 10.1. The number of rotatable bonds is 5. The topological polar surface area (TPSA) is 41.3 Å². The molecule has 2 rings (SSSR count). The van der Waals surface area contributed by atoms with Crippen molar-refractivity contribution >= 4 is 47.8 Å². The molecule has 0 aliphatic rings. The Morgan fingerprint density at radius 1 is 1.19 bits per heavy atom. The zero-order valence-corrected chi connectivity index (χ0v) is 16.5. The van der Waals surface area contributed by atoms with Crippen molar-refractivity contribution in [3.8, 4) is 0 Å². The third-order valence-electron chi connectivity index (χ3n) is 3.11. The Balaban J connectivity index is 2.31. The largest absolute Gasteiger partial charge is 0.382 e. The molecular weight excluding hydrogens is 466 g/mol. The number of hydrogen-bond donors (Lipinski definition) is 1. The predicted molar refractivity (Wildman–Crippen MR) is 94.4 cm³/mol. The lowest BCUT2D eigenvalue weighted by Gasteiger charge is -2.17. The van der Waals surface area contributed by atoms with Crippen LogP contribution in [0.1, 0.15) is 17.4 Å². The summed E-state index contributed by atoms with van der Waals surface area (Å²) < 4.78 is 4.52. The average molecular weight is 482 g/mol. The van der Waals surface area contributed by atoms with Crippen molar-refractivity contribution in [1.29, 1.82) is 0 Å². The summed E-state index contributed by atoms with van der Waals surface area (Å²) in [5.74, 6) is 0. The molecule has 0 saturated heterocycles. The Morgan fingerprint density at radius 3 is 2.52 bits per heavy atom. The molecule has 21 heavy (non-hydrogen) atoms. The Labute approximate surface area is 149 Å². The highest BCUT2D eigenvalue weighted by atomic mass is 79.9. The molecule has 1 aromatic carbocycles. The fourth-order valence-electron chi connectivity index (χ4n) is 1.96. The minimum Gasteiger partial charge on any atom is -0.382 e. The summed E-state index contributed by atoms with van der Waals surface area (Å²) in [5, 5.41) is 15.0. The lowest BCUT2D eigenvalue weighted by Crippen LogP contribution is -2.21. The van der Waals surface area contributed by atoms with Gasteiger partial charge in [-0.1, -0.05) is 6.07 Å². The maximum atomic E-state index is 10.7. The molecule has 1 atom stereocenters. The summed E-state index contributed by atoms with van der Waals surface area (Å²) >= 11 is 10.4. The van der Waals surface area contributed by atoms with E-state index in [-0.39, 0.29) is 0 Å². The molecule has 1 unspecified atom stereocenters. The summed E-state index contributed by atoms with van der Waals surface area (Å²) in [6, 6.07) is 5.72. The van der Waals surface area contributed by atoms with Crippen molar-refractivity contribution < 1.29 is 5.11 Å². The fourth-order valence-corrected chi connectivity index (χ4v) is 3.11. The second-order valence-electron chi connectivity index (χ2n) is 4.98. The maximum absolute atomic E-state index is 10.7. The van der Waals surface area contributed by atoms with Gasteiger partial charge in [0.15, 0.2) is 0 Å². The average Bonchev–Trinajstić information content (AvgIpc) is 2.80. The smallest absolute Gasteiger partial charge is 0.122 e. The first kappa shape index (κ1) is 17.1. The molecule has 114 valence electrons. The maximum Gasteiger partial charge on any atom is 0.122 e. The predicted octanol–water partition coefficient (Wildman–Crippen LogP) is 3.81. The summed E-state index contributed by atoms with van der Waals surface area (Å²) in [4.78, 5) is 2.09. The summed E-state index contributed by atoms with van der Waals surface area (Å²) in [5.41, 5.74) is 1.59. The molecule has 0 fully saturated rings. The molecule has 2 aromatic rings. The molecule has 0 radical (unpaired) electrons. The molecule has 4 nitrogen and oxygen atoms in total. The number of likely N-dealkylation sites (N-methyl/N-ethyl adjacent to an activating group) is 1. The van der Waals surface area contributed by atoms with Crippen molar-refractivity contribution in [1.82, 2.24) is 14.7 Å². The van der Waals surface area contributed by atoms with Crippen LogP contribution >= 0.6 is 47.8 Å². The highest BCUT2D eigenvalue weighted by Gasteiger charge is 2.20. The fraction of sp³-hybridized carbons (Fsp3) is 0.357. The molecule has 0 spiro atoms. The number of hydrogen-bond acceptors (Lipinski definition) is 3. The summed E-state index contributed by atoms with van der Waals surface area (Å²) in [6.07, 6.45) is 0.996. The van der Waals surface area contributed by atoms with Crippen molar-refractivity contribution in [2.45, 2.75) is 12.6 Å². The van der Waals surface area contributed by atoms with Gasteiger partial charge < -0.3 is 10.0 Å². The number of aromatic nitrogens is 2. The van der Waals surface area contributed by atoms with Crippen molar-refractivity contribution in [2.24, 2.45) is 0 Å². The van der Waals surface area contributed by atoms with Gasteiger partial charge in [0.1, 0.15) is 6.10 Å². The Kier molecular flexibility index (Phi) is 6.02. The highest BCUT2D eigenvalue weighted by Crippen LogP contribution is 2.32. The van der Waals surface area contributed by atoms with Crippen LogP contribution in [0, 0.1) is 0 Å². The van der Waals surface area contributed by atoms with Crippen LogP contribution < -0.4 is 0 Å². The van der Waals surface area contributed by atoms with E-state index in [1.165, 1.54) is 0 Å². The van der Waals surface area contributed by atoms with Crippen molar-refractivity contribution in [3.63, 3.8) is 0 Å². The van der Waals surface area contributed by atoms with E-state index >= 15 is 0 Å². The van der Waals surface area contributed by atoms with Gasteiger partial charge in [-0.25, -0.2) is 0 Å². The third kappa shape index (κ3) is 4.16. The number of benzene rings is 1. The van der Waals surface area contributed by atoms with Gasteiger partial charge in [0.25, 0.3) is 0 Å². The first-order valence-electron chi connectivity index (χ1n) is 6.39. The molecule has 1 N–H and O–H groups in total. The van der Waals surface area contributed by atoms with E-state index in [0.29, 0.717) is 0 Å². The Bertz CT molecular complexity index is 628. The van der Waals surface area contributed by atoms with Crippen molar-refractivity contribution in [3.05, 3.63) is 49.1 Å². The first-order valence-corrected chi connectivity index (χ1v) is 8.77. The molecule has 0 saturated carbocycles. The highest BCUT2D eigenvalue weighted by molar-refractivity contribution is 9.13. The van der Waals surface area contributed by atoms with Crippen LogP contribution in [0.2, 0.25) is 0 Å². The van der Waals surface area contributed by atoms with Gasteiger partial charge in [-0.05, 0) is 79.6 Å². The Hall–Kier alpha value is -0.210. The van der Waals surface area contributed by atoms with E-state index in [0.717, 1.165) is 37.8 Å². The molecule has 0 bridgehead atoms. The molecule has 0 amide bonds. The molecule has 1 heterocycles. The lowest BCUT2D eigenvalue weighted by molar-refractivity contribution is 0.204. The van der Waals surface area contributed by atoms with Crippen molar-refractivity contribution in [2.75, 3.05) is 20.6 Å². The van der Waals surface area contributed by atoms with E-state index < -0.39 is 6.10 Å². The van der Waals surface area contributed by atoms with Gasteiger partial charge in [-0.3, -0.25) is 4.68 Å². The van der Waals surface area contributed by atoms with Gasteiger partial charge in [0.05, 0.1) is 22.9 Å². The van der Waals surface area contributed by atoms with Crippen LogP contribution in [0.25, 0.3) is 0 Å². The standard InChI is InChI=1S/C14H16Br3N3O/c1-19(2)5-6-20-13(12(17)8-18-20)14(21)9-3-4-10(15)11(16)7-9/h3-4,7-8,14,21H,5-6H2,1-2H3. The van der Waals surface area contributed by atoms with E-state index in [1.807, 2.05) is 37.0 Å². The van der Waals surface area contributed by atoms with Crippen LogP contribution in [0.3, 0.4) is 0 Å². The molecule has 1 aromatic heterocycles. The van der Waals surface area contributed by atoms with Crippen LogP contribution in [0.5, 0.6) is 0 Å². The minimum absolute atomic E-state index is 0.725. The third-order valence-corrected chi connectivity index (χ3v) is 5.60. The van der Waals surface area contributed by atoms with Crippen LogP contribution in [-0.4, -0.2) is 40.4 Å². The van der Waals surface area contributed by atoms with Crippen LogP contribution in [0.15, 0.2) is 37.8 Å². The van der Waals surface area contributed by atoms with Crippen LogP contribution in [-0.2, 0) is 6.54 Å². The molecule has 0 aliphatic heterocycles. The number of nitrogens with zero attached hydrogens (tertiary/aromatic N) is 3. The van der Waals surface area contributed by atoms with E-state index in [9.17, 15) is 5.11 Å². The van der Waals surface area contributed by atoms with Crippen LogP contribution in [0.4, 0.5) is 0 Å². The second-order valence-corrected chi connectivity index (χ2v) is 7.54. The Morgan fingerprint density at radius 2 is 1.90 bits per heavy atom. The second kappa shape index (κ2) is 7.37. The summed E-state index contributed by atoms with van der Waals surface area (Å²) in [6.45, 7) is 1.58. The molecular formula is C14H16Br3N3O. The zero-order chi connectivity index (χ0) is 15.6. The zero-order valence-electron chi connectivity index (χ0n) is 11.7. The number of aliphatic hydroxyl groups is 1. The first-order chi connectivity index (χ1) is 9.90. The molecule has 0 aliphatic carbocycles. The summed E-state index contributed by atoms with van der Waals surface area (Å²) in [7, 11) is 4.03. The van der Waals surface area contributed by atoms with Gasteiger partial charge in [0, 0.05) is 15.5 Å².